The molecule has 0 radical (unpaired) electrons. The summed E-state index contributed by atoms with van der Waals surface area (Å²) in [7, 11) is 0. The van der Waals surface area contributed by atoms with Crippen LogP contribution in [0.4, 0.5) is 0 Å². The van der Waals surface area contributed by atoms with Crippen molar-refractivity contribution in [1.29, 1.82) is 0 Å². The Kier molecular flexibility index (Phi) is 32.3. The van der Waals surface area contributed by atoms with E-state index < -0.39 is 0 Å². The number of unbranched alkanes of at least 4 members (excludes halogenated alkanes) is 2. The van der Waals surface area contributed by atoms with Gasteiger partial charge in [0.1, 0.15) is 0 Å². The average Bonchev–Trinajstić information content (AvgIpc) is 2.23. The van der Waals surface area contributed by atoms with Crippen molar-refractivity contribution in [2.75, 3.05) is 0 Å². The highest BCUT2D eigenvalue weighted by molar-refractivity contribution is 4.62. The molecule has 0 heterocycles. The van der Waals surface area contributed by atoms with Gasteiger partial charge in [-0.3, -0.25) is 0 Å². The molecule has 1 saturated carbocycles. The molecule has 0 heteroatoms. The van der Waals surface area contributed by atoms with Crippen molar-refractivity contribution >= 4 is 0 Å². The van der Waals surface area contributed by atoms with Gasteiger partial charge >= 0.3 is 0 Å². The quantitative estimate of drug-likeness (QED) is 0.511. The third-order valence-electron chi connectivity index (χ3n) is 2.10. The maximum atomic E-state index is 2.31. The van der Waals surface area contributed by atoms with Crippen LogP contribution in [0, 0.1) is 5.92 Å². The van der Waals surface area contributed by atoms with E-state index in [1.165, 1.54) is 38.5 Å². The molecule has 0 spiro atoms. The van der Waals surface area contributed by atoms with Crippen LogP contribution in [0.5, 0.6) is 0 Å². The van der Waals surface area contributed by atoms with E-state index in [1.807, 2.05) is 27.7 Å². The zero-order valence-corrected chi connectivity index (χ0v) is 11.8. The molecule has 1 fully saturated rings. The van der Waals surface area contributed by atoms with Crippen molar-refractivity contribution in [3.8, 4) is 0 Å². The molecule has 90 valence electrons. The highest BCUT2D eigenvalue weighted by Gasteiger charge is 2.09. The summed E-state index contributed by atoms with van der Waals surface area (Å²) in [6.07, 6.45) is 8.54. The molecule has 1 aliphatic carbocycles. The van der Waals surface area contributed by atoms with E-state index in [9.17, 15) is 0 Å². The van der Waals surface area contributed by atoms with Crippen LogP contribution in [0.25, 0.3) is 0 Å². The van der Waals surface area contributed by atoms with Gasteiger partial charge in [-0.2, -0.15) is 0 Å². The minimum absolute atomic E-state index is 1.06. The Morgan fingerprint density at radius 1 is 0.857 bits per heavy atom. The van der Waals surface area contributed by atoms with E-state index in [1.54, 1.807) is 0 Å². The zero-order valence-electron chi connectivity index (χ0n) is 11.8. The molecule has 0 bridgehead atoms. The Balaban J connectivity index is -0.000000128. The zero-order chi connectivity index (χ0) is 11.8. The van der Waals surface area contributed by atoms with Crippen molar-refractivity contribution < 1.29 is 0 Å². The summed E-state index contributed by atoms with van der Waals surface area (Å²) in [5.41, 5.74) is 0. The lowest BCUT2D eigenvalue weighted by Gasteiger charge is -2.18. The first-order valence-electron chi connectivity index (χ1n) is 6.81. The van der Waals surface area contributed by atoms with Gasteiger partial charge in [-0.25, -0.2) is 0 Å². The Bertz CT molecular complexity index is 51.1. The van der Waals surface area contributed by atoms with Gasteiger partial charge < -0.3 is 0 Å². The molecule has 0 aromatic heterocycles. The highest BCUT2D eigenvalue weighted by atomic mass is 14.1. The molecule has 0 nitrogen and oxygen atoms in total. The molecule has 1 aliphatic rings. The molecule has 0 atom stereocenters. The summed E-state index contributed by atoms with van der Waals surface area (Å²) in [4.78, 5) is 0. The molecule has 14 heavy (non-hydrogen) atoms. The SMILES string of the molecule is CC.CC.CC1CCC1.CCCCC. The lowest BCUT2D eigenvalue weighted by molar-refractivity contribution is 0.346. The summed E-state index contributed by atoms with van der Waals surface area (Å²) >= 11 is 0. The molecule has 0 aromatic carbocycles. The summed E-state index contributed by atoms with van der Waals surface area (Å²) in [5.74, 6) is 1.06. The summed E-state index contributed by atoms with van der Waals surface area (Å²) in [5, 5.41) is 0. The van der Waals surface area contributed by atoms with Crippen molar-refractivity contribution in [2.24, 2.45) is 5.92 Å². The van der Waals surface area contributed by atoms with Gasteiger partial charge in [0.05, 0.1) is 0 Å². The first-order chi connectivity index (χ1) is 6.81. The van der Waals surface area contributed by atoms with Crippen molar-refractivity contribution in [2.45, 2.75) is 87.0 Å². The van der Waals surface area contributed by atoms with Crippen molar-refractivity contribution in [1.82, 2.24) is 0 Å². The Labute approximate surface area is 93.5 Å². The van der Waals surface area contributed by atoms with E-state index in [2.05, 4.69) is 20.8 Å². The second kappa shape index (κ2) is 23.1. The maximum absolute atomic E-state index is 2.31. The minimum Gasteiger partial charge on any atom is -0.0683 e. The van der Waals surface area contributed by atoms with Gasteiger partial charge in [0.2, 0.25) is 0 Å². The first-order valence-corrected chi connectivity index (χ1v) is 6.81. The van der Waals surface area contributed by atoms with E-state index in [4.69, 9.17) is 0 Å². The van der Waals surface area contributed by atoms with Crippen LogP contribution in [0.1, 0.15) is 87.0 Å². The number of rotatable bonds is 2. The largest absolute Gasteiger partial charge is 0.0683 e. The second-order valence-corrected chi connectivity index (χ2v) is 3.39. The molecule has 1 rings (SSSR count). The molecular weight excluding hydrogens is 168 g/mol. The van der Waals surface area contributed by atoms with Gasteiger partial charge in [-0.05, 0) is 5.92 Å². The first kappa shape index (κ1) is 19.6. The van der Waals surface area contributed by atoms with Gasteiger partial charge in [-0.15, -0.1) is 0 Å². The summed E-state index contributed by atoms with van der Waals surface area (Å²) < 4.78 is 0. The predicted molar refractivity (Wildman–Crippen MR) is 70.9 cm³/mol. The fourth-order valence-corrected chi connectivity index (χ4v) is 0.966. The predicted octanol–water partition coefficient (Wildman–Crippen LogP) is 6.06. The van der Waals surface area contributed by atoms with Gasteiger partial charge in [0.15, 0.2) is 0 Å². The van der Waals surface area contributed by atoms with E-state index >= 15 is 0 Å². The van der Waals surface area contributed by atoms with Crippen molar-refractivity contribution in [3.05, 3.63) is 0 Å². The lowest BCUT2D eigenvalue weighted by atomic mass is 9.88. The van der Waals surface area contributed by atoms with E-state index in [0.29, 0.717) is 0 Å². The lowest BCUT2D eigenvalue weighted by Crippen LogP contribution is -2.04. The molecule has 0 amide bonds. The minimum atomic E-state index is 1.06. The number of hydrogen-bond acceptors (Lipinski definition) is 0. The van der Waals surface area contributed by atoms with Gasteiger partial charge in [-0.1, -0.05) is 87.0 Å². The van der Waals surface area contributed by atoms with E-state index in [0.717, 1.165) is 5.92 Å². The third kappa shape index (κ3) is 22.7. The molecule has 0 saturated heterocycles. The van der Waals surface area contributed by atoms with Crippen molar-refractivity contribution in [3.63, 3.8) is 0 Å². The fourth-order valence-electron chi connectivity index (χ4n) is 0.966. The van der Waals surface area contributed by atoms with Crippen LogP contribution in [0.3, 0.4) is 0 Å². The van der Waals surface area contributed by atoms with Crippen LogP contribution in [-0.2, 0) is 0 Å². The van der Waals surface area contributed by atoms with Crippen LogP contribution >= 0.6 is 0 Å². The Morgan fingerprint density at radius 2 is 1.14 bits per heavy atom. The second-order valence-electron chi connectivity index (χ2n) is 3.39. The monoisotopic (exact) mass is 202 g/mol. The normalized spacial score (nSPS) is 13.1. The van der Waals surface area contributed by atoms with Crippen LogP contribution in [-0.4, -0.2) is 0 Å². The molecular formula is C14H34. The van der Waals surface area contributed by atoms with E-state index in [-0.39, 0.29) is 0 Å². The standard InChI is InChI=1S/C5H10.C5H12.2C2H6/c1-5-3-2-4-5;1-3-5-4-2;2*1-2/h5H,2-4H2,1H3;3-5H2,1-2H3;2*1-2H3. The smallest absolute Gasteiger partial charge is 0.0443 e. The average molecular weight is 202 g/mol. The van der Waals surface area contributed by atoms with Gasteiger partial charge in [0.25, 0.3) is 0 Å². The summed E-state index contributed by atoms with van der Waals surface area (Å²) in [6, 6.07) is 0. The highest BCUT2D eigenvalue weighted by Crippen LogP contribution is 2.24. The third-order valence-corrected chi connectivity index (χ3v) is 2.10. The van der Waals surface area contributed by atoms with Gasteiger partial charge in [0, 0.05) is 0 Å². The number of hydrogen-bond donors (Lipinski definition) is 0. The molecule has 0 aliphatic heterocycles. The van der Waals surface area contributed by atoms with Crippen LogP contribution < -0.4 is 0 Å². The molecule has 0 aromatic rings. The summed E-state index contributed by atoms with van der Waals surface area (Å²) in [6.45, 7) is 14.7. The Hall–Kier alpha value is 0. The van der Waals surface area contributed by atoms with Crippen LogP contribution in [0.15, 0.2) is 0 Å². The maximum Gasteiger partial charge on any atom is -0.0443 e. The Morgan fingerprint density at radius 3 is 1.14 bits per heavy atom. The topological polar surface area (TPSA) is 0 Å². The van der Waals surface area contributed by atoms with Crippen LogP contribution in [0.2, 0.25) is 0 Å². The molecule has 0 N–H and O–H groups in total. The molecule has 0 unspecified atom stereocenters. The fraction of sp³-hybridized carbons (Fsp3) is 1.00.